The topological polar surface area (TPSA) is 46.9 Å². The lowest BCUT2D eigenvalue weighted by Crippen LogP contribution is -2.24. The molecule has 5 heteroatoms. The highest BCUT2D eigenvalue weighted by Crippen LogP contribution is 2.49. The first-order chi connectivity index (χ1) is 9.60. The molecule has 0 saturated heterocycles. The molecule has 106 valence electrons. The van der Waals surface area contributed by atoms with Crippen LogP contribution in [-0.4, -0.2) is 22.2 Å². The Morgan fingerprint density at radius 2 is 2.35 bits per heavy atom. The van der Waals surface area contributed by atoms with Crippen molar-refractivity contribution in [1.29, 1.82) is 0 Å². The number of benzene rings is 1. The van der Waals surface area contributed by atoms with Crippen LogP contribution in [0.1, 0.15) is 31.2 Å². The first-order valence-corrected chi connectivity index (χ1v) is 6.98. The zero-order valence-electron chi connectivity index (χ0n) is 11.7. The molecule has 1 aliphatic carbocycles. The number of carbonyl (C=O) groups is 1. The van der Waals surface area contributed by atoms with Gasteiger partial charge in [-0.3, -0.25) is 9.48 Å². The third-order valence-corrected chi connectivity index (χ3v) is 3.97. The smallest absolute Gasteiger partial charge is 0.219 e. The summed E-state index contributed by atoms with van der Waals surface area (Å²) in [6.45, 7) is 2.46. The second-order valence-electron chi connectivity index (χ2n) is 5.46. The van der Waals surface area contributed by atoms with Crippen molar-refractivity contribution < 1.29 is 9.18 Å². The molecular formula is C15H18FN3O. The molecule has 0 aliphatic heterocycles. The standard InChI is InChI=1S/C15H18FN3O/c1-3-14(20)17-7-9-6-10(9)15-11-8-19(2)18-13(11)5-4-12(15)16/h4-5,8-10H,3,6-7H2,1-2H3,(H,17,20). The zero-order valence-corrected chi connectivity index (χ0v) is 11.7. The Balaban J connectivity index is 1.81. The monoisotopic (exact) mass is 275 g/mol. The summed E-state index contributed by atoms with van der Waals surface area (Å²) in [5.74, 6) is 0.418. The van der Waals surface area contributed by atoms with Crippen molar-refractivity contribution >= 4 is 16.8 Å². The fourth-order valence-corrected chi connectivity index (χ4v) is 2.78. The van der Waals surface area contributed by atoms with Gasteiger partial charge in [0.2, 0.25) is 5.91 Å². The van der Waals surface area contributed by atoms with E-state index in [2.05, 4.69) is 10.4 Å². The highest BCUT2D eigenvalue weighted by atomic mass is 19.1. The van der Waals surface area contributed by atoms with Gasteiger partial charge in [0.15, 0.2) is 0 Å². The fraction of sp³-hybridized carbons (Fsp3) is 0.467. The van der Waals surface area contributed by atoms with E-state index in [4.69, 9.17) is 0 Å². The van der Waals surface area contributed by atoms with Crippen LogP contribution in [-0.2, 0) is 11.8 Å². The Morgan fingerprint density at radius 1 is 1.55 bits per heavy atom. The maximum atomic E-state index is 14.1. The van der Waals surface area contributed by atoms with Crippen LogP contribution < -0.4 is 5.32 Å². The van der Waals surface area contributed by atoms with Crippen LogP contribution in [0, 0.1) is 11.7 Å². The van der Waals surface area contributed by atoms with E-state index in [1.165, 1.54) is 6.07 Å². The predicted octanol–water partition coefficient (Wildman–Crippen LogP) is 2.34. The van der Waals surface area contributed by atoms with Crippen LogP contribution in [0.4, 0.5) is 4.39 Å². The van der Waals surface area contributed by atoms with Crippen LogP contribution in [0.3, 0.4) is 0 Å². The SMILES string of the molecule is CCC(=O)NCC1CC1c1c(F)ccc2nn(C)cc12. The quantitative estimate of drug-likeness (QED) is 0.931. The molecule has 4 nitrogen and oxygen atoms in total. The number of nitrogens with one attached hydrogen (secondary N) is 1. The first kappa shape index (κ1) is 13.1. The van der Waals surface area contributed by atoms with E-state index in [-0.39, 0.29) is 17.6 Å². The highest BCUT2D eigenvalue weighted by molar-refractivity contribution is 5.83. The van der Waals surface area contributed by atoms with Gasteiger partial charge in [0.25, 0.3) is 0 Å². The largest absolute Gasteiger partial charge is 0.356 e. The van der Waals surface area contributed by atoms with Gasteiger partial charge < -0.3 is 5.32 Å². The Morgan fingerprint density at radius 3 is 3.10 bits per heavy atom. The van der Waals surface area contributed by atoms with Gasteiger partial charge in [0.1, 0.15) is 5.82 Å². The lowest BCUT2D eigenvalue weighted by atomic mass is 10.0. The number of carbonyl (C=O) groups excluding carboxylic acids is 1. The number of aromatic nitrogens is 2. The van der Waals surface area contributed by atoms with Crippen molar-refractivity contribution in [2.24, 2.45) is 13.0 Å². The summed E-state index contributed by atoms with van der Waals surface area (Å²) in [6.07, 6.45) is 3.28. The summed E-state index contributed by atoms with van der Waals surface area (Å²) in [5, 5.41) is 8.09. The molecule has 1 saturated carbocycles. The van der Waals surface area contributed by atoms with Crippen LogP contribution in [0.2, 0.25) is 0 Å². The fourth-order valence-electron chi connectivity index (χ4n) is 2.78. The minimum Gasteiger partial charge on any atom is -0.356 e. The average Bonchev–Trinajstić information content (AvgIpc) is 3.08. The van der Waals surface area contributed by atoms with Gasteiger partial charge in [-0.15, -0.1) is 0 Å². The predicted molar refractivity (Wildman–Crippen MR) is 74.8 cm³/mol. The van der Waals surface area contributed by atoms with E-state index in [0.717, 1.165) is 22.9 Å². The molecule has 1 aliphatic rings. The molecule has 0 bridgehead atoms. The number of amides is 1. The number of hydrogen-bond donors (Lipinski definition) is 1. The second-order valence-corrected chi connectivity index (χ2v) is 5.46. The molecule has 1 N–H and O–H groups in total. The van der Waals surface area contributed by atoms with Crippen LogP contribution in [0.15, 0.2) is 18.3 Å². The Bertz CT molecular complexity index is 664. The summed E-state index contributed by atoms with van der Waals surface area (Å²) >= 11 is 0. The molecule has 2 aromatic rings. The minimum atomic E-state index is -0.167. The van der Waals surface area contributed by atoms with Gasteiger partial charge >= 0.3 is 0 Å². The average molecular weight is 275 g/mol. The van der Waals surface area contributed by atoms with Gasteiger partial charge in [-0.05, 0) is 30.4 Å². The number of rotatable bonds is 4. The molecule has 2 unspecified atom stereocenters. The second kappa shape index (κ2) is 4.89. The van der Waals surface area contributed by atoms with Gasteiger partial charge in [-0.2, -0.15) is 5.10 Å². The molecule has 1 aromatic carbocycles. The molecular weight excluding hydrogens is 257 g/mol. The maximum absolute atomic E-state index is 14.1. The van der Waals surface area contributed by atoms with Crippen LogP contribution >= 0.6 is 0 Å². The van der Waals surface area contributed by atoms with Crippen molar-refractivity contribution in [2.75, 3.05) is 6.54 Å². The van der Waals surface area contributed by atoms with Gasteiger partial charge in [0, 0.05) is 37.2 Å². The van der Waals surface area contributed by atoms with E-state index in [1.54, 1.807) is 10.7 Å². The van der Waals surface area contributed by atoms with Crippen molar-refractivity contribution in [3.8, 4) is 0 Å². The third-order valence-electron chi connectivity index (χ3n) is 3.97. The number of aryl methyl sites for hydroxylation is 1. The molecule has 1 aromatic heterocycles. The summed E-state index contributed by atoms with van der Waals surface area (Å²) in [4.78, 5) is 11.3. The summed E-state index contributed by atoms with van der Waals surface area (Å²) in [6, 6.07) is 3.20. The third kappa shape index (κ3) is 2.28. The zero-order chi connectivity index (χ0) is 14.3. The van der Waals surface area contributed by atoms with Crippen molar-refractivity contribution in [2.45, 2.75) is 25.7 Å². The number of nitrogens with zero attached hydrogens (tertiary/aromatic N) is 2. The van der Waals surface area contributed by atoms with Gasteiger partial charge in [-0.25, -0.2) is 4.39 Å². The molecule has 3 rings (SSSR count). The maximum Gasteiger partial charge on any atom is 0.219 e. The van der Waals surface area contributed by atoms with Crippen molar-refractivity contribution in [3.63, 3.8) is 0 Å². The summed E-state index contributed by atoms with van der Waals surface area (Å²) in [7, 11) is 1.84. The van der Waals surface area contributed by atoms with Gasteiger partial charge in [-0.1, -0.05) is 6.92 Å². The highest BCUT2D eigenvalue weighted by Gasteiger charge is 2.41. The normalized spacial score (nSPS) is 21.1. The van der Waals surface area contributed by atoms with Gasteiger partial charge in [0.05, 0.1) is 5.52 Å². The van der Waals surface area contributed by atoms with E-state index in [1.807, 2.05) is 20.2 Å². The first-order valence-electron chi connectivity index (χ1n) is 6.98. The molecule has 1 fully saturated rings. The van der Waals surface area contributed by atoms with E-state index in [9.17, 15) is 9.18 Å². The molecule has 0 radical (unpaired) electrons. The molecule has 1 heterocycles. The molecule has 1 amide bonds. The molecule has 2 atom stereocenters. The van der Waals surface area contributed by atoms with E-state index < -0.39 is 0 Å². The number of halogens is 1. The summed E-state index contributed by atoms with van der Waals surface area (Å²) < 4.78 is 15.8. The Labute approximate surface area is 117 Å². The lowest BCUT2D eigenvalue weighted by molar-refractivity contribution is -0.120. The molecule has 0 spiro atoms. The van der Waals surface area contributed by atoms with E-state index >= 15 is 0 Å². The number of hydrogen-bond acceptors (Lipinski definition) is 2. The van der Waals surface area contributed by atoms with Crippen molar-refractivity contribution in [1.82, 2.24) is 15.1 Å². The van der Waals surface area contributed by atoms with E-state index in [0.29, 0.717) is 18.9 Å². The molecule has 20 heavy (non-hydrogen) atoms. The minimum absolute atomic E-state index is 0.0516. The lowest BCUT2D eigenvalue weighted by Gasteiger charge is -2.05. The Hall–Kier alpha value is -1.91. The Kier molecular flexibility index (Phi) is 3.20. The summed E-state index contributed by atoms with van der Waals surface area (Å²) in [5.41, 5.74) is 1.58. The number of fused-ring (bicyclic) bond motifs is 1. The van der Waals surface area contributed by atoms with Crippen molar-refractivity contribution in [3.05, 3.63) is 29.7 Å². The van der Waals surface area contributed by atoms with Crippen LogP contribution in [0.25, 0.3) is 10.9 Å². The van der Waals surface area contributed by atoms with Crippen LogP contribution in [0.5, 0.6) is 0 Å².